The third kappa shape index (κ3) is 3.66. The van der Waals surface area contributed by atoms with Gasteiger partial charge in [-0.2, -0.15) is 0 Å². The monoisotopic (exact) mass is 360 g/mol. The van der Waals surface area contributed by atoms with Gasteiger partial charge in [0.1, 0.15) is 5.82 Å². The van der Waals surface area contributed by atoms with Gasteiger partial charge in [0.25, 0.3) is 5.91 Å². The number of carbonyl (C=O) groups is 2. The summed E-state index contributed by atoms with van der Waals surface area (Å²) in [7, 11) is 1.54. The summed E-state index contributed by atoms with van der Waals surface area (Å²) in [6, 6.07) is 13.2. The Morgan fingerprint density at radius 3 is 2.60 bits per heavy atom. The van der Waals surface area contributed by atoms with Gasteiger partial charge in [0.2, 0.25) is 5.91 Å². The topological polar surface area (TPSA) is 40.6 Å². The van der Waals surface area contributed by atoms with Crippen LogP contribution in [0.25, 0.3) is 0 Å². The van der Waals surface area contributed by atoms with Crippen LogP contribution in [0.2, 0.25) is 5.02 Å². The summed E-state index contributed by atoms with van der Waals surface area (Å²) < 4.78 is 14.0. The lowest BCUT2D eigenvalue weighted by Crippen LogP contribution is -2.36. The molecular weight excluding hydrogens is 343 g/mol. The zero-order chi connectivity index (χ0) is 18.0. The van der Waals surface area contributed by atoms with Crippen molar-refractivity contribution in [3.05, 3.63) is 64.9 Å². The molecule has 1 aliphatic heterocycles. The van der Waals surface area contributed by atoms with Crippen LogP contribution in [0.1, 0.15) is 16.8 Å². The Balaban J connectivity index is 1.69. The first-order chi connectivity index (χ1) is 12.0. The van der Waals surface area contributed by atoms with Crippen molar-refractivity contribution < 1.29 is 14.0 Å². The number of hydrogen-bond donors (Lipinski definition) is 0. The average Bonchev–Trinajstić information content (AvgIpc) is 3.10. The Labute approximate surface area is 150 Å². The standard InChI is InChI=1S/C19H18ClFN2O2/c1-22(17-8-7-15(20)11-16(17)21)18(24)14-9-10-23(12-14)19(25)13-5-3-2-4-6-13/h2-8,11,14H,9-10,12H2,1H3. The van der Waals surface area contributed by atoms with Gasteiger partial charge in [0.15, 0.2) is 0 Å². The molecule has 0 N–H and O–H groups in total. The summed E-state index contributed by atoms with van der Waals surface area (Å²) in [4.78, 5) is 28.1. The van der Waals surface area contributed by atoms with E-state index in [1.165, 1.54) is 24.1 Å². The average molecular weight is 361 g/mol. The number of halogens is 2. The van der Waals surface area contributed by atoms with Crippen molar-refractivity contribution in [3.63, 3.8) is 0 Å². The smallest absolute Gasteiger partial charge is 0.253 e. The number of hydrogen-bond acceptors (Lipinski definition) is 2. The third-order valence-corrected chi connectivity index (χ3v) is 4.68. The summed E-state index contributed by atoms with van der Waals surface area (Å²) in [5, 5.41) is 0.280. The lowest BCUT2D eigenvalue weighted by molar-refractivity contribution is -0.121. The van der Waals surface area contributed by atoms with Crippen molar-refractivity contribution in [2.24, 2.45) is 5.92 Å². The Morgan fingerprint density at radius 1 is 1.20 bits per heavy atom. The van der Waals surface area contributed by atoms with E-state index in [4.69, 9.17) is 11.6 Å². The summed E-state index contributed by atoms with van der Waals surface area (Å²) in [6.45, 7) is 0.854. The number of likely N-dealkylation sites (tertiary alicyclic amines) is 1. The van der Waals surface area contributed by atoms with Crippen LogP contribution in [0, 0.1) is 11.7 Å². The SMILES string of the molecule is CN(C(=O)C1CCN(C(=O)c2ccccc2)C1)c1ccc(Cl)cc1F. The second-order valence-corrected chi connectivity index (χ2v) is 6.53. The number of amides is 2. The van der Waals surface area contributed by atoms with E-state index < -0.39 is 5.82 Å². The first-order valence-electron chi connectivity index (χ1n) is 8.04. The van der Waals surface area contributed by atoms with Crippen molar-refractivity contribution in [3.8, 4) is 0 Å². The highest BCUT2D eigenvalue weighted by molar-refractivity contribution is 6.30. The molecule has 25 heavy (non-hydrogen) atoms. The maximum absolute atomic E-state index is 14.0. The molecule has 1 saturated heterocycles. The minimum Gasteiger partial charge on any atom is -0.338 e. The molecule has 2 aromatic carbocycles. The predicted molar refractivity (Wildman–Crippen MR) is 95.3 cm³/mol. The molecule has 1 heterocycles. The van der Waals surface area contributed by atoms with Crippen LogP contribution in [0.15, 0.2) is 48.5 Å². The molecule has 2 aromatic rings. The Hall–Kier alpha value is -2.40. The lowest BCUT2D eigenvalue weighted by Gasteiger charge is -2.22. The quantitative estimate of drug-likeness (QED) is 0.839. The summed E-state index contributed by atoms with van der Waals surface area (Å²) in [5.41, 5.74) is 0.787. The zero-order valence-corrected chi connectivity index (χ0v) is 14.5. The van der Waals surface area contributed by atoms with Gasteiger partial charge in [0.05, 0.1) is 11.6 Å². The van der Waals surface area contributed by atoms with Gasteiger partial charge in [-0.15, -0.1) is 0 Å². The molecular formula is C19H18ClFN2O2. The molecule has 0 spiro atoms. The van der Waals surface area contributed by atoms with Crippen LogP contribution >= 0.6 is 11.6 Å². The fourth-order valence-corrected chi connectivity index (χ4v) is 3.21. The van der Waals surface area contributed by atoms with Crippen LogP contribution in [0.5, 0.6) is 0 Å². The molecule has 2 amide bonds. The van der Waals surface area contributed by atoms with Crippen LogP contribution in [0.3, 0.4) is 0 Å². The van der Waals surface area contributed by atoms with Crippen molar-refractivity contribution in [1.29, 1.82) is 0 Å². The van der Waals surface area contributed by atoms with Crippen molar-refractivity contribution in [2.45, 2.75) is 6.42 Å². The van der Waals surface area contributed by atoms with E-state index in [1.54, 1.807) is 23.1 Å². The molecule has 0 saturated carbocycles. The highest BCUT2D eigenvalue weighted by atomic mass is 35.5. The molecule has 1 atom stereocenters. The molecule has 1 aliphatic rings. The summed E-state index contributed by atoms with van der Waals surface area (Å²) >= 11 is 5.75. The largest absolute Gasteiger partial charge is 0.338 e. The third-order valence-electron chi connectivity index (χ3n) is 4.45. The molecule has 6 heteroatoms. The zero-order valence-electron chi connectivity index (χ0n) is 13.8. The van der Waals surface area contributed by atoms with Crippen LogP contribution in [-0.2, 0) is 4.79 Å². The van der Waals surface area contributed by atoms with Gasteiger partial charge in [-0.05, 0) is 36.8 Å². The number of anilines is 1. The number of carbonyl (C=O) groups excluding carboxylic acids is 2. The van der Waals surface area contributed by atoms with E-state index in [1.807, 2.05) is 18.2 Å². The van der Waals surface area contributed by atoms with E-state index in [0.717, 1.165) is 0 Å². The van der Waals surface area contributed by atoms with Crippen LogP contribution in [0.4, 0.5) is 10.1 Å². The Kier molecular flexibility index (Phi) is 5.04. The molecule has 1 unspecified atom stereocenters. The second kappa shape index (κ2) is 7.23. The van der Waals surface area contributed by atoms with Gasteiger partial charge in [-0.25, -0.2) is 4.39 Å². The number of benzene rings is 2. The molecule has 4 nitrogen and oxygen atoms in total. The van der Waals surface area contributed by atoms with Crippen molar-refractivity contribution >= 4 is 29.1 Å². The minimum atomic E-state index is -0.543. The van der Waals surface area contributed by atoms with Gasteiger partial charge in [0, 0.05) is 30.7 Å². The van der Waals surface area contributed by atoms with Crippen molar-refractivity contribution in [1.82, 2.24) is 4.90 Å². The van der Waals surface area contributed by atoms with E-state index >= 15 is 0 Å². The number of nitrogens with zero attached hydrogens (tertiary/aromatic N) is 2. The predicted octanol–water partition coefficient (Wildman–Crippen LogP) is 3.60. The maximum atomic E-state index is 14.0. The molecule has 1 fully saturated rings. The Morgan fingerprint density at radius 2 is 1.92 bits per heavy atom. The highest BCUT2D eigenvalue weighted by Crippen LogP contribution is 2.26. The molecule has 0 aliphatic carbocycles. The van der Waals surface area contributed by atoms with Gasteiger partial charge >= 0.3 is 0 Å². The molecule has 130 valence electrons. The maximum Gasteiger partial charge on any atom is 0.253 e. The summed E-state index contributed by atoms with van der Waals surface area (Å²) in [6.07, 6.45) is 0.566. The second-order valence-electron chi connectivity index (χ2n) is 6.10. The van der Waals surface area contributed by atoms with Gasteiger partial charge in [-0.1, -0.05) is 29.8 Å². The Bertz CT molecular complexity index is 797. The van der Waals surface area contributed by atoms with E-state index in [2.05, 4.69) is 0 Å². The fraction of sp³-hybridized carbons (Fsp3) is 0.263. The normalized spacial score (nSPS) is 16.8. The van der Waals surface area contributed by atoms with Crippen molar-refractivity contribution in [2.75, 3.05) is 25.0 Å². The highest BCUT2D eigenvalue weighted by Gasteiger charge is 2.33. The molecule has 0 bridgehead atoms. The first kappa shape index (κ1) is 17.4. The van der Waals surface area contributed by atoms with Gasteiger partial charge in [-0.3, -0.25) is 9.59 Å². The van der Waals surface area contributed by atoms with Crippen LogP contribution in [-0.4, -0.2) is 36.9 Å². The first-order valence-corrected chi connectivity index (χ1v) is 8.42. The minimum absolute atomic E-state index is 0.0868. The summed E-state index contributed by atoms with van der Waals surface area (Å²) in [5.74, 6) is -1.17. The lowest BCUT2D eigenvalue weighted by atomic mass is 10.1. The fourth-order valence-electron chi connectivity index (χ4n) is 3.06. The molecule has 0 radical (unpaired) electrons. The molecule has 0 aromatic heterocycles. The number of rotatable bonds is 3. The molecule has 3 rings (SSSR count). The van der Waals surface area contributed by atoms with E-state index in [0.29, 0.717) is 25.1 Å². The van der Waals surface area contributed by atoms with E-state index in [9.17, 15) is 14.0 Å². The van der Waals surface area contributed by atoms with Crippen LogP contribution < -0.4 is 4.90 Å². The van der Waals surface area contributed by atoms with E-state index in [-0.39, 0.29) is 28.4 Å². The van der Waals surface area contributed by atoms with Gasteiger partial charge < -0.3 is 9.80 Å².